The van der Waals surface area contributed by atoms with Gasteiger partial charge in [-0.05, 0) is 37.6 Å². The summed E-state index contributed by atoms with van der Waals surface area (Å²) in [5.41, 5.74) is 3.07. The summed E-state index contributed by atoms with van der Waals surface area (Å²) in [5.74, 6) is 1.48. The fourth-order valence-electron chi connectivity index (χ4n) is 2.80. The SMILES string of the molecule is Cc1cc(C(O)c2ccc3c(c2)n(C)c(=O)n3C)c(C)o1. The number of aryl methyl sites for hydroxylation is 4. The van der Waals surface area contributed by atoms with Crippen molar-refractivity contribution >= 4 is 11.0 Å². The highest BCUT2D eigenvalue weighted by Gasteiger charge is 2.18. The zero-order valence-corrected chi connectivity index (χ0v) is 12.5. The smallest absolute Gasteiger partial charge is 0.328 e. The zero-order valence-electron chi connectivity index (χ0n) is 12.5. The molecule has 0 aliphatic heterocycles. The van der Waals surface area contributed by atoms with Crippen LogP contribution in [0.2, 0.25) is 0 Å². The van der Waals surface area contributed by atoms with Gasteiger partial charge in [-0.15, -0.1) is 0 Å². The quantitative estimate of drug-likeness (QED) is 0.785. The van der Waals surface area contributed by atoms with Gasteiger partial charge in [0.25, 0.3) is 0 Å². The first kappa shape index (κ1) is 13.7. The normalized spacial score (nSPS) is 13.0. The molecule has 0 bridgehead atoms. The van der Waals surface area contributed by atoms with Gasteiger partial charge in [0.05, 0.1) is 11.0 Å². The first-order valence-corrected chi connectivity index (χ1v) is 6.80. The van der Waals surface area contributed by atoms with Crippen molar-refractivity contribution in [1.29, 1.82) is 0 Å². The van der Waals surface area contributed by atoms with Crippen molar-refractivity contribution < 1.29 is 9.52 Å². The number of fused-ring (bicyclic) bond motifs is 1. The molecule has 3 aromatic rings. The van der Waals surface area contributed by atoms with Gasteiger partial charge in [0, 0.05) is 19.7 Å². The minimum Gasteiger partial charge on any atom is -0.466 e. The highest BCUT2D eigenvalue weighted by molar-refractivity contribution is 5.77. The largest absolute Gasteiger partial charge is 0.466 e. The van der Waals surface area contributed by atoms with Crippen molar-refractivity contribution in [2.75, 3.05) is 0 Å². The Morgan fingerprint density at radius 2 is 1.76 bits per heavy atom. The Morgan fingerprint density at radius 1 is 1.10 bits per heavy atom. The number of aliphatic hydroxyl groups is 1. The second kappa shape index (κ2) is 4.63. The molecule has 2 heterocycles. The summed E-state index contributed by atoms with van der Waals surface area (Å²) in [7, 11) is 3.47. The molecule has 1 unspecified atom stereocenters. The molecule has 5 heteroatoms. The van der Waals surface area contributed by atoms with Crippen molar-refractivity contribution in [2.24, 2.45) is 14.1 Å². The Labute approximate surface area is 122 Å². The molecule has 0 fully saturated rings. The van der Waals surface area contributed by atoms with Crippen molar-refractivity contribution in [3.8, 4) is 0 Å². The molecule has 3 rings (SSSR count). The van der Waals surface area contributed by atoms with Crippen LogP contribution in [-0.2, 0) is 14.1 Å². The van der Waals surface area contributed by atoms with Gasteiger partial charge in [-0.2, -0.15) is 0 Å². The first-order valence-electron chi connectivity index (χ1n) is 6.80. The van der Waals surface area contributed by atoms with Gasteiger partial charge < -0.3 is 9.52 Å². The van der Waals surface area contributed by atoms with E-state index in [0.29, 0.717) is 5.76 Å². The van der Waals surface area contributed by atoms with Crippen molar-refractivity contribution in [1.82, 2.24) is 9.13 Å². The van der Waals surface area contributed by atoms with Crippen LogP contribution in [0.15, 0.2) is 33.5 Å². The first-order chi connectivity index (χ1) is 9.90. The minimum absolute atomic E-state index is 0.0769. The molecule has 0 aliphatic carbocycles. The van der Waals surface area contributed by atoms with Crippen LogP contribution in [0, 0.1) is 13.8 Å². The predicted octanol–water partition coefficient (Wildman–Crippen LogP) is 2.17. The molecule has 0 aliphatic rings. The molecule has 1 N–H and O–H groups in total. The molecule has 0 amide bonds. The van der Waals surface area contributed by atoms with Gasteiger partial charge in [-0.25, -0.2) is 4.79 Å². The third-order valence-corrected chi connectivity index (χ3v) is 3.99. The summed E-state index contributed by atoms with van der Waals surface area (Å²) in [6, 6.07) is 7.39. The molecule has 0 saturated heterocycles. The molecule has 2 aromatic heterocycles. The molecule has 1 atom stereocenters. The highest BCUT2D eigenvalue weighted by Crippen LogP contribution is 2.28. The molecule has 1 aromatic carbocycles. The summed E-state index contributed by atoms with van der Waals surface area (Å²) in [6.45, 7) is 3.69. The van der Waals surface area contributed by atoms with Crippen molar-refractivity contribution in [3.05, 3.63) is 57.4 Å². The van der Waals surface area contributed by atoms with E-state index in [2.05, 4.69) is 0 Å². The van der Waals surface area contributed by atoms with E-state index in [1.165, 1.54) is 0 Å². The topological polar surface area (TPSA) is 60.3 Å². The fourth-order valence-corrected chi connectivity index (χ4v) is 2.80. The Hall–Kier alpha value is -2.27. The van der Waals surface area contributed by atoms with Crippen LogP contribution in [0.4, 0.5) is 0 Å². The number of aromatic nitrogens is 2. The standard InChI is InChI=1S/C16H18N2O3/c1-9-7-12(10(2)21-9)15(19)11-5-6-13-14(8-11)18(4)16(20)17(13)3/h5-8,15,19H,1-4H3. The summed E-state index contributed by atoms with van der Waals surface area (Å²) in [4.78, 5) is 11.9. The van der Waals surface area contributed by atoms with Gasteiger partial charge >= 0.3 is 5.69 Å². The fraction of sp³-hybridized carbons (Fsp3) is 0.312. The molecule has 21 heavy (non-hydrogen) atoms. The summed E-state index contributed by atoms with van der Waals surface area (Å²) >= 11 is 0. The average molecular weight is 286 g/mol. The van der Waals surface area contributed by atoms with Gasteiger partial charge in [-0.3, -0.25) is 9.13 Å². The maximum atomic E-state index is 11.9. The summed E-state index contributed by atoms with van der Waals surface area (Å²) in [5, 5.41) is 10.6. The molecule has 0 spiro atoms. The molecular weight excluding hydrogens is 268 g/mol. The van der Waals surface area contributed by atoms with E-state index in [4.69, 9.17) is 4.42 Å². The Morgan fingerprint density at radius 3 is 2.38 bits per heavy atom. The lowest BCUT2D eigenvalue weighted by atomic mass is 10.0. The molecule has 0 radical (unpaired) electrons. The number of hydrogen-bond donors (Lipinski definition) is 1. The van der Waals surface area contributed by atoms with E-state index >= 15 is 0 Å². The number of hydrogen-bond acceptors (Lipinski definition) is 3. The maximum absolute atomic E-state index is 11.9. The van der Waals surface area contributed by atoms with Crippen LogP contribution in [0.25, 0.3) is 11.0 Å². The monoisotopic (exact) mass is 286 g/mol. The average Bonchev–Trinajstić information content (AvgIpc) is 2.91. The summed E-state index contributed by atoms with van der Waals surface area (Å²) in [6.07, 6.45) is -0.762. The van der Waals surface area contributed by atoms with Gasteiger partial charge in [0.2, 0.25) is 0 Å². The van der Waals surface area contributed by atoms with E-state index in [0.717, 1.165) is 27.9 Å². The van der Waals surface area contributed by atoms with Crippen molar-refractivity contribution in [2.45, 2.75) is 20.0 Å². The summed E-state index contributed by atoms with van der Waals surface area (Å²) < 4.78 is 8.65. The lowest BCUT2D eigenvalue weighted by Gasteiger charge is -2.10. The molecule has 110 valence electrons. The number of aliphatic hydroxyl groups excluding tert-OH is 1. The highest BCUT2D eigenvalue weighted by atomic mass is 16.3. The molecular formula is C16H18N2O3. The Bertz CT molecular complexity index is 883. The van der Waals surface area contributed by atoms with Crippen LogP contribution in [0.3, 0.4) is 0 Å². The van der Waals surface area contributed by atoms with E-state index in [9.17, 15) is 9.90 Å². The molecule has 0 saturated carbocycles. The van der Waals surface area contributed by atoms with Crippen LogP contribution < -0.4 is 5.69 Å². The van der Waals surface area contributed by atoms with Gasteiger partial charge in [0.15, 0.2) is 0 Å². The molecule has 5 nitrogen and oxygen atoms in total. The van der Waals surface area contributed by atoms with E-state index in [1.807, 2.05) is 38.1 Å². The second-order valence-corrected chi connectivity index (χ2v) is 5.42. The number of imidazole rings is 1. The Kier molecular flexibility index (Phi) is 3.02. The number of nitrogens with zero attached hydrogens (tertiary/aromatic N) is 2. The Balaban J connectivity index is 2.15. The maximum Gasteiger partial charge on any atom is 0.328 e. The van der Waals surface area contributed by atoms with Crippen LogP contribution in [0.5, 0.6) is 0 Å². The zero-order chi connectivity index (χ0) is 15.3. The number of rotatable bonds is 2. The minimum atomic E-state index is -0.762. The van der Waals surface area contributed by atoms with Gasteiger partial charge in [-0.1, -0.05) is 6.07 Å². The van der Waals surface area contributed by atoms with E-state index in [-0.39, 0.29) is 5.69 Å². The lowest BCUT2D eigenvalue weighted by molar-refractivity contribution is 0.218. The van der Waals surface area contributed by atoms with Crippen molar-refractivity contribution in [3.63, 3.8) is 0 Å². The van der Waals surface area contributed by atoms with Crippen LogP contribution in [0.1, 0.15) is 28.8 Å². The van der Waals surface area contributed by atoms with Gasteiger partial charge in [0.1, 0.15) is 17.6 Å². The van der Waals surface area contributed by atoms with Crippen LogP contribution >= 0.6 is 0 Å². The predicted molar refractivity (Wildman–Crippen MR) is 80.4 cm³/mol. The number of furan rings is 1. The third-order valence-electron chi connectivity index (χ3n) is 3.99. The van der Waals surface area contributed by atoms with E-state index < -0.39 is 6.10 Å². The third kappa shape index (κ3) is 2.01. The van der Waals surface area contributed by atoms with E-state index in [1.54, 1.807) is 23.2 Å². The number of benzene rings is 1. The lowest BCUT2D eigenvalue weighted by Crippen LogP contribution is -2.19. The second-order valence-electron chi connectivity index (χ2n) is 5.42. The van der Waals surface area contributed by atoms with Crippen LogP contribution in [-0.4, -0.2) is 14.2 Å².